The van der Waals surface area contributed by atoms with Crippen molar-refractivity contribution >= 4 is 11.8 Å². The zero-order chi connectivity index (χ0) is 9.19. The van der Waals surface area contributed by atoms with E-state index in [1.165, 1.54) is 0 Å². The third kappa shape index (κ3) is 1.65. The van der Waals surface area contributed by atoms with Crippen LogP contribution in [0.4, 0.5) is 0 Å². The summed E-state index contributed by atoms with van der Waals surface area (Å²) in [4.78, 5) is 22.0. The van der Waals surface area contributed by atoms with E-state index in [4.69, 9.17) is 0 Å². The molecule has 0 unspecified atom stereocenters. The lowest BCUT2D eigenvalue weighted by molar-refractivity contribution is -0.134. The molecule has 0 aromatic rings. The number of carbonyl (C=O) groups is 2. The van der Waals surface area contributed by atoms with E-state index in [9.17, 15) is 9.59 Å². The van der Waals surface area contributed by atoms with Gasteiger partial charge in [0.2, 0.25) is 11.8 Å². The van der Waals surface area contributed by atoms with Gasteiger partial charge in [-0.2, -0.15) is 0 Å². The van der Waals surface area contributed by atoms with Gasteiger partial charge in [-0.1, -0.05) is 13.8 Å². The molecule has 0 aliphatic carbocycles. The summed E-state index contributed by atoms with van der Waals surface area (Å²) in [6, 6.07) is 0. The van der Waals surface area contributed by atoms with Crippen LogP contribution in [0.5, 0.6) is 0 Å². The molecule has 1 N–H and O–H groups in total. The van der Waals surface area contributed by atoms with Crippen molar-refractivity contribution in [3.63, 3.8) is 0 Å². The van der Waals surface area contributed by atoms with Gasteiger partial charge in [-0.25, -0.2) is 0 Å². The second kappa shape index (κ2) is 3.25. The molecule has 3 nitrogen and oxygen atoms in total. The Bertz CT molecular complexity index is 189. The maximum absolute atomic E-state index is 11.0. The fraction of sp³-hybridized carbons (Fsp3) is 0.667. The fourth-order valence-corrected chi connectivity index (χ4v) is 1.47. The van der Waals surface area contributed by atoms with Crippen LogP contribution in [0.25, 0.3) is 0 Å². The number of hydrogen-bond donors (Lipinski definition) is 1. The summed E-state index contributed by atoms with van der Waals surface area (Å²) in [6.45, 7) is 3.95. The van der Waals surface area contributed by atoms with Crippen molar-refractivity contribution in [1.29, 1.82) is 0 Å². The summed E-state index contributed by atoms with van der Waals surface area (Å²) in [7, 11) is 0. The Kier molecular flexibility index (Phi) is 2.50. The number of amides is 2. The molecule has 0 atom stereocenters. The highest BCUT2D eigenvalue weighted by Gasteiger charge is 2.37. The molecule has 1 rings (SSSR count). The molecule has 1 saturated heterocycles. The molecule has 1 aliphatic rings. The molecule has 0 aromatic heterocycles. The SMILES string of the molecule is CCC1(CC)[C]C(=O)NC(=O)C1. The molecular formula is C9H13NO2. The van der Waals surface area contributed by atoms with Crippen LogP contribution in [0.2, 0.25) is 0 Å². The van der Waals surface area contributed by atoms with E-state index in [2.05, 4.69) is 11.7 Å². The van der Waals surface area contributed by atoms with Crippen LogP contribution < -0.4 is 5.32 Å². The minimum atomic E-state index is -0.366. The fourth-order valence-electron chi connectivity index (χ4n) is 1.47. The van der Waals surface area contributed by atoms with E-state index in [1.54, 1.807) is 0 Å². The Hall–Kier alpha value is -0.860. The van der Waals surface area contributed by atoms with Gasteiger partial charge in [0.25, 0.3) is 0 Å². The van der Waals surface area contributed by atoms with Crippen LogP contribution >= 0.6 is 0 Å². The maximum atomic E-state index is 11.0. The Balaban J connectivity index is 2.76. The normalized spacial score (nSPS) is 22.2. The molecule has 0 saturated carbocycles. The summed E-state index contributed by atoms with van der Waals surface area (Å²) < 4.78 is 0. The van der Waals surface area contributed by atoms with Crippen molar-refractivity contribution in [2.75, 3.05) is 0 Å². The lowest BCUT2D eigenvalue weighted by Crippen LogP contribution is -2.44. The first-order valence-corrected chi connectivity index (χ1v) is 4.24. The molecule has 0 bridgehead atoms. The largest absolute Gasteiger partial charge is 0.296 e. The van der Waals surface area contributed by atoms with Crippen molar-refractivity contribution in [3.8, 4) is 0 Å². The van der Waals surface area contributed by atoms with Crippen LogP contribution in [0.3, 0.4) is 0 Å². The van der Waals surface area contributed by atoms with E-state index in [0.29, 0.717) is 6.42 Å². The molecule has 0 spiro atoms. The molecule has 0 aromatic carbocycles. The number of nitrogens with one attached hydrogen (secondary N) is 1. The Labute approximate surface area is 72.5 Å². The summed E-state index contributed by atoms with van der Waals surface area (Å²) in [5.41, 5.74) is -0.306. The number of piperidine rings is 1. The minimum Gasteiger partial charge on any atom is -0.296 e. The van der Waals surface area contributed by atoms with E-state index in [-0.39, 0.29) is 17.2 Å². The van der Waals surface area contributed by atoms with Gasteiger partial charge in [0.1, 0.15) is 0 Å². The molecule has 3 heteroatoms. The number of imide groups is 1. The van der Waals surface area contributed by atoms with Crippen LogP contribution in [-0.2, 0) is 9.59 Å². The molecule has 66 valence electrons. The van der Waals surface area contributed by atoms with Gasteiger partial charge in [0, 0.05) is 6.42 Å². The van der Waals surface area contributed by atoms with Gasteiger partial charge < -0.3 is 0 Å². The predicted molar refractivity (Wildman–Crippen MR) is 44.0 cm³/mol. The highest BCUT2D eigenvalue weighted by atomic mass is 16.2. The predicted octanol–water partition coefficient (Wildman–Crippen LogP) is 0.921. The molecule has 1 aliphatic heterocycles. The molecule has 1 heterocycles. The van der Waals surface area contributed by atoms with Gasteiger partial charge in [0.15, 0.2) is 0 Å². The van der Waals surface area contributed by atoms with Crippen molar-refractivity contribution in [3.05, 3.63) is 6.42 Å². The van der Waals surface area contributed by atoms with Crippen molar-refractivity contribution < 1.29 is 9.59 Å². The van der Waals surface area contributed by atoms with E-state index in [0.717, 1.165) is 12.8 Å². The van der Waals surface area contributed by atoms with Gasteiger partial charge in [0.05, 0.1) is 6.42 Å². The first-order valence-electron chi connectivity index (χ1n) is 4.24. The first-order chi connectivity index (χ1) is 5.62. The highest BCUT2D eigenvalue weighted by Crippen LogP contribution is 2.35. The molecule has 2 radical (unpaired) electrons. The number of rotatable bonds is 2. The van der Waals surface area contributed by atoms with Crippen molar-refractivity contribution in [2.24, 2.45) is 5.41 Å². The minimum absolute atomic E-state index is 0.178. The van der Waals surface area contributed by atoms with Gasteiger partial charge in [-0.3, -0.25) is 14.9 Å². The van der Waals surface area contributed by atoms with Crippen LogP contribution in [0.15, 0.2) is 0 Å². The highest BCUT2D eigenvalue weighted by molar-refractivity contribution is 6.03. The average molecular weight is 167 g/mol. The second-order valence-electron chi connectivity index (χ2n) is 3.17. The first kappa shape index (κ1) is 9.23. The Morgan fingerprint density at radius 2 is 2.00 bits per heavy atom. The van der Waals surface area contributed by atoms with E-state index >= 15 is 0 Å². The van der Waals surface area contributed by atoms with E-state index in [1.807, 2.05) is 13.8 Å². The van der Waals surface area contributed by atoms with Crippen molar-refractivity contribution in [2.45, 2.75) is 33.1 Å². The van der Waals surface area contributed by atoms with E-state index < -0.39 is 0 Å². The summed E-state index contributed by atoms with van der Waals surface area (Å²) in [6.07, 6.45) is 4.77. The zero-order valence-electron chi connectivity index (χ0n) is 7.44. The van der Waals surface area contributed by atoms with Crippen molar-refractivity contribution in [1.82, 2.24) is 5.32 Å². The third-order valence-electron chi connectivity index (χ3n) is 2.48. The van der Waals surface area contributed by atoms with Crippen LogP contribution in [0.1, 0.15) is 33.1 Å². The smallest absolute Gasteiger partial charge is 0.235 e. The lowest BCUT2D eigenvalue weighted by Gasteiger charge is -2.32. The number of hydrogen-bond acceptors (Lipinski definition) is 2. The Morgan fingerprint density at radius 1 is 1.42 bits per heavy atom. The van der Waals surface area contributed by atoms with Crippen LogP contribution in [-0.4, -0.2) is 11.8 Å². The van der Waals surface area contributed by atoms with Crippen LogP contribution in [0, 0.1) is 11.8 Å². The topological polar surface area (TPSA) is 46.2 Å². The third-order valence-corrected chi connectivity index (χ3v) is 2.48. The summed E-state index contributed by atoms with van der Waals surface area (Å²) in [5, 5.41) is 2.21. The maximum Gasteiger partial charge on any atom is 0.235 e. The van der Waals surface area contributed by atoms with Gasteiger partial charge >= 0.3 is 0 Å². The second-order valence-corrected chi connectivity index (χ2v) is 3.17. The Morgan fingerprint density at radius 3 is 2.42 bits per heavy atom. The quantitative estimate of drug-likeness (QED) is 0.621. The molecular weight excluding hydrogens is 154 g/mol. The lowest BCUT2D eigenvalue weighted by atomic mass is 9.74. The zero-order valence-corrected chi connectivity index (χ0v) is 7.44. The molecule has 12 heavy (non-hydrogen) atoms. The summed E-state index contributed by atoms with van der Waals surface area (Å²) in [5.74, 6) is -0.544. The van der Waals surface area contributed by atoms with Gasteiger partial charge in [-0.15, -0.1) is 0 Å². The number of carbonyl (C=O) groups excluding carboxylic acids is 2. The average Bonchev–Trinajstić information content (AvgIpc) is 2.02. The van der Waals surface area contributed by atoms with Gasteiger partial charge in [-0.05, 0) is 18.3 Å². The molecule has 1 fully saturated rings. The summed E-state index contributed by atoms with van der Waals surface area (Å²) >= 11 is 0. The standard InChI is InChI=1S/C9H13NO2/c1-3-9(4-2)5-7(11)10-8(12)6-9/h3-5H2,1-2H3,(H,10,11,12). The molecule has 2 amide bonds. The monoisotopic (exact) mass is 167 g/mol.